The van der Waals surface area contributed by atoms with Crippen LogP contribution in [0.3, 0.4) is 0 Å². The number of nitro benzene ring substituents is 1. The molecule has 0 heterocycles. The van der Waals surface area contributed by atoms with Crippen LogP contribution < -0.4 is 10.6 Å². The first kappa shape index (κ1) is 17.6. The van der Waals surface area contributed by atoms with E-state index >= 15 is 0 Å². The standard InChI is InChI=1S/C12H12BrN3O6/c1-6(10(17)15-12(19)14-2)22-11(18)7-3-4-8(13)9(5-7)16(20)21/h3-6H,1-2H3,(H2,14,15,17,19)/t6-/m0/s1. The Morgan fingerprint density at radius 2 is 2.00 bits per heavy atom. The van der Waals surface area contributed by atoms with Crippen molar-refractivity contribution in [1.29, 1.82) is 0 Å². The summed E-state index contributed by atoms with van der Waals surface area (Å²) in [6.45, 7) is 1.27. The van der Waals surface area contributed by atoms with Crippen molar-refractivity contribution in [3.8, 4) is 0 Å². The van der Waals surface area contributed by atoms with Crippen molar-refractivity contribution < 1.29 is 24.0 Å². The number of ether oxygens (including phenoxy) is 1. The molecule has 0 fully saturated rings. The summed E-state index contributed by atoms with van der Waals surface area (Å²) in [5.74, 6) is -1.74. The molecule has 1 aromatic rings. The Labute approximate surface area is 133 Å². The number of imide groups is 1. The molecule has 9 nitrogen and oxygen atoms in total. The van der Waals surface area contributed by atoms with Crippen LogP contribution in [0.5, 0.6) is 0 Å². The molecule has 118 valence electrons. The molecule has 0 spiro atoms. The van der Waals surface area contributed by atoms with Crippen LogP contribution in [0.1, 0.15) is 17.3 Å². The highest BCUT2D eigenvalue weighted by atomic mass is 79.9. The Hall–Kier alpha value is -2.49. The Kier molecular flexibility index (Phi) is 5.99. The van der Waals surface area contributed by atoms with Crippen LogP contribution in [0.15, 0.2) is 22.7 Å². The molecule has 0 aliphatic heterocycles. The van der Waals surface area contributed by atoms with Crippen molar-refractivity contribution in [2.45, 2.75) is 13.0 Å². The van der Waals surface area contributed by atoms with Crippen LogP contribution in [0.25, 0.3) is 0 Å². The Morgan fingerprint density at radius 3 is 2.55 bits per heavy atom. The molecule has 0 saturated carbocycles. The Balaban J connectivity index is 2.81. The first-order chi connectivity index (χ1) is 10.3. The fourth-order valence-corrected chi connectivity index (χ4v) is 1.73. The molecule has 0 aromatic heterocycles. The summed E-state index contributed by atoms with van der Waals surface area (Å²) in [5.41, 5.74) is -0.397. The molecule has 0 aliphatic rings. The van der Waals surface area contributed by atoms with E-state index in [1.54, 1.807) is 0 Å². The van der Waals surface area contributed by atoms with Gasteiger partial charge in [0.25, 0.3) is 11.6 Å². The minimum absolute atomic E-state index is 0.0884. The molecule has 1 aromatic carbocycles. The highest BCUT2D eigenvalue weighted by Gasteiger charge is 2.22. The third-order valence-electron chi connectivity index (χ3n) is 2.50. The predicted octanol–water partition coefficient (Wildman–Crippen LogP) is 1.36. The monoisotopic (exact) mass is 373 g/mol. The number of nitro groups is 1. The van der Waals surface area contributed by atoms with Crippen LogP contribution in [0, 0.1) is 10.1 Å². The lowest BCUT2D eigenvalue weighted by Crippen LogP contribution is -2.43. The van der Waals surface area contributed by atoms with Gasteiger partial charge in [-0.25, -0.2) is 9.59 Å². The second-order valence-corrected chi connectivity index (χ2v) is 4.89. The van der Waals surface area contributed by atoms with Gasteiger partial charge in [0.15, 0.2) is 6.10 Å². The van der Waals surface area contributed by atoms with Crippen LogP contribution in [0.2, 0.25) is 0 Å². The Bertz CT molecular complexity index is 633. The zero-order valence-electron chi connectivity index (χ0n) is 11.6. The van der Waals surface area contributed by atoms with E-state index in [4.69, 9.17) is 4.74 Å². The molecule has 0 radical (unpaired) electrons. The second kappa shape index (κ2) is 7.50. The van der Waals surface area contributed by atoms with Crippen LogP contribution >= 0.6 is 15.9 Å². The minimum Gasteiger partial charge on any atom is -0.449 e. The number of urea groups is 1. The van der Waals surface area contributed by atoms with E-state index in [9.17, 15) is 24.5 Å². The molecule has 1 atom stereocenters. The van der Waals surface area contributed by atoms with Crippen molar-refractivity contribution in [2.75, 3.05) is 7.05 Å². The average molecular weight is 374 g/mol. The number of rotatable bonds is 4. The normalized spacial score (nSPS) is 11.2. The maximum atomic E-state index is 11.9. The zero-order valence-corrected chi connectivity index (χ0v) is 13.2. The quantitative estimate of drug-likeness (QED) is 0.465. The maximum absolute atomic E-state index is 11.9. The van der Waals surface area contributed by atoms with Gasteiger partial charge in [-0.1, -0.05) is 0 Å². The van der Waals surface area contributed by atoms with Crippen LogP contribution in [-0.4, -0.2) is 36.0 Å². The summed E-state index contributed by atoms with van der Waals surface area (Å²) < 4.78 is 5.06. The zero-order chi connectivity index (χ0) is 16.9. The summed E-state index contributed by atoms with van der Waals surface area (Å²) in [6.07, 6.45) is -1.24. The number of amides is 3. The fourth-order valence-electron chi connectivity index (χ4n) is 1.34. The van der Waals surface area contributed by atoms with Crippen molar-refractivity contribution in [3.63, 3.8) is 0 Å². The molecule has 3 amide bonds. The molecule has 0 unspecified atom stereocenters. The van der Waals surface area contributed by atoms with E-state index in [0.29, 0.717) is 0 Å². The number of nitrogens with zero attached hydrogens (tertiary/aromatic N) is 1. The van der Waals surface area contributed by atoms with Gasteiger partial charge in [-0.05, 0) is 35.0 Å². The van der Waals surface area contributed by atoms with Crippen LogP contribution in [-0.2, 0) is 9.53 Å². The lowest BCUT2D eigenvalue weighted by atomic mass is 10.2. The van der Waals surface area contributed by atoms with Crippen molar-refractivity contribution in [3.05, 3.63) is 38.3 Å². The topological polar surface area (TPSA) is 128 Å². The first-order valence-electron chi connectivity index (χ1n) is 5.93. The largest absolute Gasteiger partial charge is 0.449 e. The third kappa shape index (κ3) is 4.52. The van der Waals surface area contributed by atoms with Gasteiger partial charge in [0.05, 0.1) is 15.0 Å². The summed E-state index contributed by atoms with van der Waals surface area (Å²) in [6, 6.07) is 2.91. The second-order valence-electron chi connectivity index (χ2n) is 4.04. The van der Waals surface area contributed by atoms with Gasteiger partial charge in [0.1, 0.15) is 0 Å². The van der Waals surface area contributed by atoms with Gasteiger partial charge in [-0.2, -0.15) is 0 Å². The first-order valence-corrected chi connectivity index (χ1v) is 6.73. The molecule has 2 N–H and O–H groups in total. The predicted molar refractivity (Wildman–Crippen MR) is 78.3 cm³/mol. The molecule has 10 heteroatoms. The summed E-state index contributed by atoms with van der Waals surface area (Å²) >= 11 is 2.99. The van der Waals surface area contributed by atoms with Crippen molar-refractivity contribution in [1.82, 2.24) is 10.6 Å². The highest BCUT2D eigenvalue weighted by Crippen LogP contribution is 2.26. The van der Waals surface area contributed by atoms with E-state index in [-0.39, 0.29) is 15.7 Å². The van der Waals surface area contributed by atoms with Gasteiger partial charge in [-0.15, -0.1) is 0 Å². The minimum atomic E-state index is -1.24. The molecule has 22 heavy (non-hydrogen) atoms. The molecule has 0 bridgehead atoms. The van der Waals surface area contributed by atoms with Gasteiger partial charge in [0.2, 0.25) is 0 Å². The number of carbonyl (C=O) groups is 3. The summed E-state index contributed by atoms with van der Waals surface area (Å²) in [4.78, 5) is 44.5. The summed E-state index contributed by atoms with van der Waals surface area (Å²) in [5, 5.41) is 14.9. The maximum Gasteiger partial charge on any atom is 0.339 e. The number of benzene rings is 1. The number of nitrogens with one attached hydrogen (secondary N) is 2. The number of hydrogen-bond acceptors (Lipinski definition) is 6. The highest BCUT2D eigenvalue weighted by molar-refractivity contribution is 9.10. The lowest BCUT2D eigenvalue weighted by molar-refractivity contribution is -0.385. The van der Waals surface area contributed by atoms with Crippen molar-refractivity contribution >= 4 is 39.5 Å². The number of hydrogen-bond donors (Lipinski definition) is 2. The van der Waals surface area contributed by atoms with Crippen LogP contribution in [0.4, 0.5) is 10.5 Å². The smallest absolute Gasteiger partial charge is 0.339 e. The van der Waals surface area contributed by atoms with E-state index in [1.165, 1.54) is 26.1 Å². The van der Waals surface area contributed by atoms with E-state index in [0.717, 1.165) is 6.07 Å². The molecule has 1 rings (SSSR count). The average Bonchev–Trinajstić information content (AvgIpc) is 2.46. The Morgan fingerprint density at radius 1 is 1.36 bits per heavy atom. The summed E-state index contributed by atoms with van der Waals surface area (Å²) in [7, 11) is 1.32. The molecule has 0 saturated heterocycles. The third-order valence-corrected chi connectivity index (χ3v) is 3.17. The molecular formula is C12H12BrN3O6. The lowest BCUT2D eigenvalue weighted by Gasteiger charge is -2.12. The fraction of sp³-hybridized carbons (Fsp3) is 0.250. The number of esters is 1. The SMILES string of the molecule is CNC(=O)NC(=O)[C@H](C)OC(=O)c1ccc(Br)c([N+](=O)[O-])c1. The van der Waals surface area contributed by atoms with Crippen molar-refractivity contribution in [2.24, 2.45) is 0 Å². The van der Waals surface area contributed by atoms with E-state index in [2.05, 4.69) is 21.2 Å². The van der Waals surface area contributed by atoms with E-state index in [1.807, 2.05) is 5.32 Å². The molecule has 0 aliphatic carbocycles. The van der Waals surface area contributed by atoms with Gasteiger partial charge in [0, 0.05) is 13.1 Å². The number of halogens is 1. The van der Waals surface area contributed by atoms with Gasteiger partial charge in [-0.3, -0.25) is 20.2 Å². The van der Waals surface area contributed by atoms with Gasteiger partial charge >= 0.3 is 12.0 Å². The van der Waals surface area contributed by atoms with Gasteiger partial charge < -0.3 is 10.1 Å². The number of carbonyl (C=O) groups excluding carboxylic acids is 3. The van der Waals surface area contributed by atoms with E-state index < -0.39 is 28.9 Å². The molecular weight excluding hydrogens is 362 g/mol.